The number of nitrogens with one attached hydrogen (secondary N) is 1. The van der Waals surface area contributed by atoms with Gasteiger partial charge >= 0.3 is 0 Å². The minimum absolute atomic E-state index is 0.622. The summed E-state index contributed by atoms with van der Waals surface area (Å²) < 4.78 is 5.03. The molecule has 1 rings (SSSR count). The van der Waals surface area contributed by atoms with Gasteiger partial charge in [0, 0.05) is 18.7 Å². The predicted octanol–water partition coefficient (Wildman–Crippen LogP) is 3.04. The Hall–Kier alpha value is -0.830. The lowest BCUT2D eigenvalue weighted by molar-refractivity contribution is 0.380. The van der Waals surface area contributed by atoms with Gasteiger partial charge in [-0.3, -0.25) is 0 Å². The third-order valence-corrected chi connectivity index (χ3v) is 2.52. The zero-order valence-electron chi connectivity index (χ0n) is 10.0. The SMILES string of the molecule is CCCC(CCC)NCc1cc(C)on1. The van der Waals surface area contributed by atoms with Gasteiger partial charge in [0.05, 0.1) is 5.69 Å². The number of hydrogen-bond donors (Lipinski definition) is 1. The topological polar surface area (TPSA) is 38.1 Å². The molecule has 0 saturated carbocycles. The average molecular weight is 210 g/mol. The van der Waals surface area contributed by atoms with Crippen LogP contribution in [0.5, 0.6) is 0 Å². The van der Waals surface area contributed by atoms with Crippen molar-refractivity contribution in [2.24, 2.45) is 0 Å². The maximum absolute atomic E-state index is 5.03. The van der Waals surface area contributed by atoms with Gasteiger partial charge in [0.15, 0.2) is 0 Å². The lowest BCUT2D eigenvalue weighted by Crippen LogP contribution is -2.28. The Balaban J connectivity index is 2.32. The third-order valence-electron chi connectivity index (χ3n) is 2.52. The summed E-state index contributed by atoms with van der Waals surface area (Å²) >= 11 is 0. The quantitative estimate of drug-likeness (QED) is 0.751. The molecule has 0 aliphatic rings. The van der Waals surface area contributed by atoms with Gasteiger partial charge in [-0.15, -0.1) is 0 Å². The van der Waals surface area contributed by atoms with E-state index in [2.05, 4.69) is 24.3 Å². The summed E-state index contributed by atoms with van der Waals surface area (Å²) in [4.78, 5) is 0. The summed E-state index contributed by atoms with van der Waals surface area (Å²) in [7, 11) is 0. The van der Waals surface area contributed by atoms with Crippen LogP contribution in [0.25, 0.3) is 0 Å². The summed E-state index contributed by atoms with van der Waals surface area (Å²) in [6.45, 7) is 7.20. The smallest absolute Gasteiger partial charge is 0.133 e. The van der Waals surface area contributed by atoms with E-state index in [-0.39, 0.29) is 0 Å². The Morgan fingerprint density at radius 2 is 2.00 bits per heavy atom. The summed E-state index contributed by atoms with van der Waals surface area (Å²) in [6.07, 6.45) is 4.94. The molecule has 0 radical (unpaired) electrons. The van der Waals surface area contributed by atoms with Gasteiger partial charge in [0.25, 0.3) is 0 Å². The van der Waals surface area contributed by atoms with Crippen LogP contribution in [0.3, 0.4) is 0 Å². The van der Waals surface area contributed by atoms with Crippen LogP contribution in [0.2, 0.25) is 0 Å². The first-order chi connectivity index (χ1) is 7.26. The highest BCUT2D eigenvalue weighted by molar-refractivity contribution is 5.03. The highest BCUT2D eigenvalue weighted by Crippen LogP contribution is 2.07. The molecule has 1 N–H and O–H groups in total. The van der Waals surface area contributed by atoms with Gasteiger partial charge in [-0.2, -0.15) is 0 Å². The van der Waals surface area contributed by atoms with E-state index < -0.39 is 0 Å². The van der Waals surface area contributed by atoms with Gasteiger partial charge in [0.1, 0.15) is 5.76 Å². The van der Waals surface area contributed by atoms with Crippen LogP contribution >= 0.6 is 0 Å². The molecular weight excluding hydrogens is 188 g/mol. The fourth-order valence-corrected chi connectivity index (χ4v) is 1.80. The molecule has 0 spiro atoms. The summed E-state index contributed by atoms with van der Waals surface area (Å²) in [5, 5.41) is 7.50. The van der Waals surface area contributed by atoms with E-state index in [4.69, 9.17) is 4.52 Å². The zero-order chi connectivity index (χ0) is 11.1. The second-order valence-electron chi connectivity index (χ2n) is 4.08. The van der Waals surface area contributed by atoms with E-state index >= 15 is 0 Å². The minimum atomic E-state index is 0.622. The monoisotopic (exact) mass is 210 g/mol. The van der Waals surface area contributed by atoms with Crippen molar-refractivity contribution >= 4 is 0 Å². The van der Waals surface area contributed by atoms with E-state index in [1.807, 2.05) is 13.0 Å². The third kappa shape index (κ3) is 4.47. The highest BCUT2D eigenvalue weighted by atomic mass is 16.5. The second kappa shape index (κ2) is 6.62. The molecule has 0 atom stereocenters. The van der Waals surface area contributed by atoms with Gasteiger partial charge in [0.2, 0.25) is 0 Å². The fraction of sp³-hybridized carbons (Fsp3) is 0.750. The standard InChI is InChI=1S/C12H22N2O/c1-4-6-11(7-5-2)13-9-12-8-10(3)15-14-12/h8,11,13H,4-7,9H2,1-3H3. The van der Waals surface area contributed by atoms with E-state index in [1.54, 1.807) is 0 Å². The van der Waals surface area contributed by atoms with Crippen molar-refractivity contribution in [2.75, 3.05) is 0 Å². The first-order valence-electron chi connectivity index (χ1n) is 5.91. The molecular formula is C12H22N2O. The lowest BCUT2D eigenvalue weighted by Gasteiger charge is -2.16. The Bertz CT molecular complexity index is 264. The first kappa shape index (κ1) is 12.2. The van der Waals surface area contributed by atoms with E-state index in [1.165, 1.54) is 25.7 Å². The zero-order valence-corrected chi connectivity index (χ0v) is 10.0. The van der Waals surface area contributed by atoms with E-state index in [0.29, 0.717) is 6.04 Å². The van der Waals surface area contributed by atoms with Crippen LogP contribution < -0.4 is 5.32 Å². The Morgan fingerprint density at radius 3 is 2.47 bits per heavy atom. The molecule has 15 heavy (non-hydrogen) atoms. The molecule has 1 heterocycles. The molecule has 0 unspecified atom stereocenters. The molecule has 0 aromatic carbocycles. The molecule has 0 bridgehead atoms. The van der Waals surface area contributed by atoms with E-state index in [0.717, 1.165) is 18.0 Å². The molecule has 3 heteroatoms. The summed E-state index contributed by atoms with van der Waals surface area (Å²) in [5.74, 6) is 0.884. The molecule has 0 aliphatic carbocycles. The van der Waals surface area contributed by atoms with Crippen molar-refractivity contribution in [2.45, 2.75) is 59.0 Å². The van der Waals surface area contributed by atoms with Crippen molar-refractivity contribution in [3.63, 3.8) is 0 Å². The highest BCUT2D eigenvalue weighted by Gasteiger charge is 2.07. The van der Waals surface area contributed by atoms with Crippen molar-refractivity contribution in [3.8, 4) is 0 Å². The summed E-state index contributed by atoms with van der Waals surface area (Å²) in [5.41, 5.74) is 1.00. The van der Waals surface area contributed by atoms with Crippen molar-refractivity contribution in [1.29, 1.82) is 0 Å². The molecule has 0 fully saturated rings. The van der Waals surface area contributed by atoms with Crippen molar-refractivity contribution < 1.29 is 4.52 Å². The van der Waals surface area contributed by atoms with Gasteiger partial charge in [-0.05, 0) is 19.8 Å². The van der Waals surface area contributed by atoms with Crippen LogP contribution in [-0.4, -0.2) is 11.2 Å². The average Bonchev–Trinajstić information content (AvgIpc) is 2.61. The fourth-order valence-electron chi connectivity index (χ4n) is 1.80. The lowest BCUT2D eigenvalue weighted by atomic mass is 10.1. The molecule has 86 valence electrons. The maximum Gasteiger partial charge on any atom is 0.133 e. The molecule has 0 aliphatic heterocycles. The molecule has 0 saturated heterocycles. The summed E-state index contributed by atoms with van der Waals surface area (Å²) in [6, 6.07) is 2.61. The molecule has 3 nitrogen and oxygen atoms in total. The maximum atomic E-state index is 5.03. The Kier molecular flexibility index (Phi) is 5.40. The predicted molar refractivity (Wildman–Crippen MR) is 61.7 cm³/mol. The number of hydrogen-bond acceptors (Lipinski definition) is 3. The number of aryl methyl sites for hydroxylation is 1. The molecule has 0 amide bonds. The van der Waals surface area contributed by atoms with Crippen molar-refractivity contribution in [1.82, 2.24) is 10.5 Å². The van der Waals surface area contributed by atoms with Crippen LogP contribution in [0.15, 0.2) is 10.6 Å². The van der Waals surface area contributed by atoms with Gasteiger partial charge in [-0.1, -0.05) is 31.8 Å². The van der Waals surface area contributed by atoms with Crippen molar-refractivity contribution in [3.05, 3.63) is 17.5 Å². The van der Waals surface area contributed by atoms with Crippen LogP contribution in [0.4, 0.5) is 0 Å². The van der Waals surface area contributed by atoms with Crippen LogP contribution in [0, 0.1) is 6.92 Å². The first-order valence-corrected chi connectivity index (χ1v) is 5.91. The Labute approximate surface area is 92.2 Å². The van der Waals surface area contributed by atoms with Gasteiger partial charge in [-0.25, -0.2) is 0 Å². The van der Waals surface area contributed by atoms with Crippen LogP contribution in [0.1, 0.15) is 51.0 Å². The number of aromatic nitrogens is 1. The minimum Gasteiger partial charge on any atom is -0.361 e. The van der Waals surface area contributed by atoms with Crippen LogP contribution in [-0.2, 0) is 6.54 Å². The number of rotatable bonds is 7. The number of nitrogens with zero attached hydrogens (tertiary/aromatic N) is 1. The normalized spacial score (nSPS) is 11.2. The van der Waals surface area contributed by atoms with E-state index in [9.17, 15) is 0 Å². The largest absolute Gasteiger partial charge is 0.361 e. The molecule has 1 aromatic heterocycles. The second-order valence-corrected chi connectivity index (χ2v) is 4.08. The van der Waals surface area contributed by atoms with Gasteiger partial charge < -0.3 is 9.84 Å². The molecule has 1 aromatic rings. The Morgan fingerprint density at radius 1 is 1.33 bits per heavy atom.